The van der Waals surface area contributed by atoms with Crippen LogP contribution in [0.3, 0.4) is 0 Å². The molecule has 0 spiro atoms. The fourth-order valence-electron chi connectivity index (χ4n) is 3.59. The Labute approximate surface area is 159 Å². The Morgan fingerprint density at radius 1 is 1.26 bits per heavy atom. The molecule has 3 heterocycles. The van der Waals surface area contributed by atoms with Crippen LogP contribution in [-0.4, -0.2) is 39.4 Å². The normalized spacial score (nSPS) is 16.9. The minimum atomic E-state index is 0.274. The van der Waals surface area contributed by atoms with Gasteiger partial charge in [-0.05, 0) is 36.4 Å². The molecule has 1 aromatic carbocycles. The summed E-state index contributed by atoms with van der Waals surface area (Å²) in [6.45, 7) is 5.91. The predicted molar refractivity (Wildman–Crippen MR) is 109 cm³/mol. The average Bonchev–Trinajstić information content (AvgIpc) is 3.32. The number of benzene rings is 1. The Kier molecular flexibility index (Phi) is 5.20. The van der Waals surface area contributed by atoms with Crippen molar-refractivity contribution in [2.24, 2.45) is 0 Å². The van der Waals surface area contributed by atoms with Crippen molar-refractivity contribution in [2.45, 2.75) is 38.6 Å². The summed E-state index contributed by atoms with van der Waals surface area (Å²) in [5.74, 6) is 1.63. The first-order valence-electron chi connectivity index (χ1n) is 9.77. The molecule has 7 heteroatoms. The standard InChI is InChI=1S/C20H27N7/c1-2-3-9-23-19-18-17(24-20(21)25-19)13-27(26-18)12-14-4-6-15(7-5-14)16-8-10-22-11-16/h4-7,13,16,22H,2-3,8-12H2,1H3,(H3,21,23,24,25). The predicted octanol–water partition coefficient (Wildman–Crippen LogP) is 2.75. The third-order valence-electron chi connectivity index (χ3n) is 5.11. The van der Waals surface area contributed by atoms with Gasteiger partial charge in [-0.3, -0.25) is 4.68 Å². The summed E-state index contributed by atoms with van der Waals surface area (Å²) in [7, 11) is 0. The maximum atomic E-state index is 5.86. The summed E-state index contributed by atoms with van der Waals surface area (Å²) >= 11 is 0. The van der Waals surface area contributed by atoms with Crippen molar-refractivity contribution in [1.29, 1.82) is 0 Å². The van der Waals surface area contributed by atoms with E-state index in [-0.39, 0.29) is 5.95 Å². The van der Waals surface area contributed by atoms with Gasteiger partial charge in [0.1, 0.15) is 5.52 Å². The Morgan fingerprint density at radius 3 is 2.85 bits per heavy atom. The number of fused-ring (bicyclic) bond motifs is 1. The van der Waals surface area contributed by atoms with Gasteiger partial charge in [0.05, 0.1) is 12.7 Å². The number of nitrogens with zero attached hydrogens (tertiary/aromatic N) is 4. The summed E-state index contributed by atoms with van der Waals surface area (Å²) in [5.41, 5.74) is 10.0. The van der Waals surface area contributed by atoms with Crippen molar-refractivity contribution < 1.29 is 0 Å². The van der Waals surface area contributed by atoms with Gasteiger partial charge < -0.3 is 16.4 Å². The number of nitrogen functional groups attached to an aromatic ring is 1. The molecule has 1 fully saturated rings. The third-order valence-corrected chi connectivity index (χ3v) is 5.11. The average molecular weight is 365 g/mol. The van der Waals surface area contributed by atoms with Crippen molar-refractivity contribution in [3.05, 3.63) is 41.6 Å². The Morgan fingerprint density at radius 2 is 2.11 bits per heavy atom. The first-order valence-corrected chi connectivity index (χ1v) is 9.77. The molecule has 2 aromatic heterocycles. The highest BCUT2D eigenvalue weighted by Gasteiger charge is 2.16. The van der Waals surface area contributed by atoms with Gasteiger partial charge in [0.25, 0.3) is 0 Å². The molecule has 3 aromatic rings. The molecule has 0 bridgehead atoms. The molecule has 1 unspecified atom stereocenters. The lowest BCUT2D eigenvalue weighted by Gasteiger charge is -2.09. The van der Waals surface area contributed by atoms with Crippen LogP contribution >= 0.6 is 0 Å². The van der Waals surface area contributed by atoms with E-state index in [0.29, 0.717) is 18.3 Å². The van der Waals surface area contributed by atoms with E-state index >= 15 is 0 Å². The summed E-state index contributed by atoms with van der Waals surface area (Å²) < 4.78 is 1.91. The first kappa shape index (κ1) is 17.7. The van der Waals surface area contributed by atoms with Gasteiger partial charge in [0, 0.05) is 13.1 Å². The van der Waals surface area contributed by atoms with Crippen LogP contribution in [-0.2, 0) is 6.54 Å². The lowest BCUT2D eigenvalue weighted by molar-refractivity contribution is 0.694. The monoisotopic (exact) mass is 365 g/mol. The molecule has 142 valence electrons. The first-order chi connectivity index (χ1) is 13.2. The van der Waals surface area contributed by atoms with E-state index < -0.39 is 0 Å². The highest BCUT2D eigenvalue weighted by atomic mass is 15.3. The summed E-state index contributed by atoms with van der Waals surface area (Å²) in [5, 5.41) is 11.4. The molecule has 1 aliphatic rings. The fraction of sp³-hybridized carbons (Fsp3) is 0.450. The number of nitrogens with one attached hydrogen (secondary N) is 2. The van der Waals surface area contributed by atoms with Gasteiger partial charge >= 0.3 is 0 Å². The Bertz CT molecular complexity index is 895. The second-order valence-electron chi connectivity index (χ2n) is 7.20. The molecular formula is C20H27N7. The molecule has 1 aliphatic heterocycles. The maximum Gasteiger partial charge on any atom is 0.222 e. The van der Waals surface area contributed by atoms with Gasteiger partial charge in [-0.1, -0.05) is 37.6 Å². The van der Waals surface area contributed by atoms with Crippen LogP contribution in [0.25, 0.3) is 11.0 Å². The van der Waals surface area contributed by atoms with E-state index in [1.165, 1.54) is 17.5 Å². The quantitative estimate of drug-likeness (QED) is 0.558. The van der Waals surface area contributed by atoms with Crippen LogP contribution in [0.2, 0.25) is 0 Å². The molecule has 0 saturated carbocycles. The van der Waals surface area contributed by atoms with E-state index in [1.54, 1.807) is 0 Å². The fourth-order valence-corrected chi connectivity index (χ4v) is 3.59. The largest absolute Gasteiger partial charge is 0.368 e. The second-order valence-corrected chi connectivity index (χ2v) is 7.20. The smallest absolute Gasteiger partial charge is 0.222 e. The number of hydrogen-bond acceptors (Lipinski definition) is 6. The number of unbranched alkanes of at least 4 members (excludes halogenated alkanes) is 1. The van der Waals surface area contributed by atoms with Crippen LogP contribution in [0.1, 0.15) is 43.2 Å². The molecule has 1 atom stereocenters. The molecule has 4 N–H and O–H groups in total. The van der Waals surface area contributed by atoms with Crippen molar-refractivity contribution in [2.75, 3.05) is 30.7 Å². The molecular weight excluding hydrogens is 338 g/mol. The van der Waals surface area contributed by atoms with Crippen molar-refractivity contribution in [3.63, 3.8) is 0 Å². The molecule has 0 aliphatic carbocycles. The van der Waals surface area contributed by atoms with Gasteiger partial charge in [-0.25, -0.2) is 4.98 Å². The van der Waals surface area contributed by atoms with Crippen LogP contribution in [0, 0.1) is 0 Å². The van der Waals surface area contributed by atoms with E-state index in [0.717, 1.165) is 43.5 Å². The van der Waals surface area contributed by atoms with E-state index in [1.807, 2.05) is 10.9 Å². The lowest BCUT2D eigenvalue weighted by Crippen LogP contribution is -2.08. The third kappa shape index (κ3) is 4.03. The number of nitrogens with two attached hydrogens (primary N) is 1. The zero-order valence-electron chi connectivity index (χ0n) is 15.8. The summed E-state index contributed by atoms with van der Waals surface area (Å²) in [6.07, 6.45) is 5.36. The zero-order valence-corrected chi connectivity index (χ0v) is 15.8. The van der Waals surface area contributed by atoms with Crippen molar-refractivity contribution >= 4 is 22.8 Å². The van der Waals surface area contributed by atoms with Crippen molar-refractivity contribution in [1.82, 2.24) is 25.1 Å². The van der Waals surface area contributed by atoms with Gasteiger partial charge in [-0.15, -0.1) is 0 Å². The lowest BCUT2D eigenvalue weighted by atomic mass is 9.97. The summed E-state index contributed by atoms with van der Waals surface area (Å²) in [6, 6.07) is 8.87. The molecule has 4 rings (SSSR count). The molecule has 27 heavy (non-hydrogen) atoms. The minimum Gasteiger partial charge on any atom is -0.368 e. The Hall–Kier alpha value is -2.67. The van der Waals surface area contributed by atoms with Gasteiger partial charge in [0.2, 0.25) is 5.95 Å². The van der Waals surface area contributed by atoms with E-state index in [9.17, 15) is 0 Å². The highest BCUT2D eigenvalue weighted by molar-refractivity contribution is 5.85. The minimum absolute atomic E-state index is 0.274. The van der Waals surface area contributed by atoms with E-state index in [4.69, 9.17) is 10.8 Å². The molecule has 1 saturated heterocycles. The van der Waals surface area contributed by atoms with Crippen LogP contribution in [0.4, 0.5) is 11.8 Å². The Balaban J connectivity index is 1.52. The molecule has 0 radical (unpaired) electrons. The topological polar surface area (TPSA) is 93.7 Å². The van der Waals surface area contributed by atoms with Gasteiger partial charge in [-0.2, -0.15) is 10.1 Å². The second kappa shape index (κ2) is 7.92. The zero-order chi connectivity index (χ0) is 18.6. The van der Waals surface area contributed by atoms with Crippen LogP contribution in [0.15, 0.2) is 30.5 Å². The summed E-state index contributed by atoms with van der Waals surface area (Å²) in [4.78, 5) is 8.65. The number of hydrogen-bond donors (Lipinski definition) is 3. The maximum absolute atomic E-state index is 5.86. The SMILES string of the molecule is CCCCNc1nc(N)nc2cn(Cc3ccc(C4CCNC4)cc3)nc12. The number of anilines is 2. The van der Waals surface area contributed by atoms with Crippen LogP contribution < -0.4 is 16.4 Å². The van der Waals surface area contributed by atoms with Crippen LogP contribution in [0.5, 0.6) is 0 Å². The number of aromatic nitrogens is 4. The number of rotatable bonds is 7. The molecule has 7 nitrogen and oxygen atoms in total. The van der Waals surface area contributed by atoms with Gasteiger partial charge in [0.15, 0.2) is 11.3 Å². The van der Waals surface area contributed by atoms with E-state index in [2.05, 4.69) is 51.8 Å². The molecule has 0 amide bonds. The van der Waals surface area contributed by atoms with Crippen molar-refractivity contribution in [3.8, 4) is 0 Å². The highest BCUT2D eigenvalue weighted by Crippen LogP contribution is 2.23.